The second-order valence-corrected chi connectivity index (χ2v) is 5.71. The first-order chi connectivity index (χ1) is 6.06. The van der Waals surface area contributed by atoms with Crippen LogP contribution in [0.5, 0.6) is 0 Å². The van der Waals surface area contributed by atoms with E-state index in [1.165, 1.54) is 0 Å². The predicted octanol–water partition coefficient (Wildman–Crippen LogP) is 1.78. The minimum Gasteiger partial charge on any atom is -0.317 e. The molecule has 0 bridgehead atoms. The van der Waals surface area contributed by atoms with Crippen LogP contribution in [0.2, 0.25) is 0 Å². The van der Waals surface area contributed by atoms with Crippen LogP contribution in [0.4, 0.5) is 0 Å². The fourth-order valence-corrected chi connectivity index (χ4v) is 2.48. The average Bonchev–Trinajstić information content (AvgIpc) is 2.10. The molecule has 0 spiro atoms. The summed E-state index contributed by atoms with van der Waals surface area (Å²) in [6.07, 6.45) is 2.10. The third-order valence-corrected chi connectivity index (χ3v) is 3.58. The fraction of sp³-hybridized carbons (Fsp3) is 1.00. The highest BCUT2D eigenvalue weighted by Crippen LogP contribution is 2.02. The summed E-state index contributed by atoms with van der Waals surface area (Å²) in [6, 6.07) is 0.489. The van der Waals surface area contributed by atoms with Gasteiger partial charge in [0.1, 0.15) is 0 Å². The maximum atomic E-state index is 11.5. The van der Waals surface area contributed by atoms with Crippen molar-refractivity contribution in [2.45, 2.75) is 39.7 Å². The highest BCUT2D eigenvalue weighted by Gasteiger charge is 2.04. The van der Waals surface area contributed by atoms with Crippen molar-refractivity contribution >= 4 is 10.8 Å². The standard InChI is InChI=1S/C10H23NOS/c1-9(2)5-7-13(12)8-6-10(3)11-4/h9-11H,5-8H2,1-4H3. The Bertz CT molecular complexity index is 148. The van der Waals surface area contributed by atoms with Crippen molar-refractivity contribution in [3.05, 3.63) is 0 Å². The summed E-state index contributed by atoms with van der Waals surface area (Å²) in [5.41, 5.74) is 0. The van der Waals surface area contributed by atoms with Gasteiger partial charge in [-0.1, -0.05) is 13.8 Å². The molecule has 0 radical (unpaired) electrons. The van der Waals surface area contributed by atoms with E-state index in [0.29, 0.717) is 12.0 Å². The molecule has 80 valence electrons. The average molecular weight is 205 g/mol. The molecule has 2 nitrogen and oxygen atoms in total. The first-order valence-corrected chi connectivity index (χ1v) is 6.57. The van der Waals surface area contributed by atoms with Crippen molar-refractivity contribution in [2.75, 3.05) is 18.6 Å². The smallest absolute Gasteiger partial charge is 0.0249 e. The zero-order chi connectivity index (χ0) is 10.3. The molecule has 0 amide bonds. The van der Waals surface area contributed by atoms with Crippen molar-refractivity contribution in [2.24, 2.45) is 5.92 Å². The van der Waals surface area contributed by atoms with Gasteiger partial charge in [-0.2, -0.15) is 0 Å². The van der Waals surface area contributed by atoms with E-state index in [0.717, 1.165) is 24.3 Å². The predicted molar refractivity (Wildman–Crippen MR) is 60.5 cm³/mol. The molecule has 0 rings (SSSR count). The van der Waals surface area contributed by atoms with E-state index in [1.54, 1.807) is 0 Å². The summed E-state index contributed by atoms with van der Waals surface area (Å²) in [4.78, 5) is 0. The van der Waals surface area contributed by atoms with Gasteiger partial charge >= 0.3 is 0 Å². The minimum atomic E-state index is -0.603. The molecular formula is C10H23NOS. The molecule has 0 heterocycles. The monoisotopic (exact) mass is 205 g/mol. The zero-order valence-corrected chi connectivity index (χ0v) is 10.1. The summed E-state index contributed by atoms with van der Waals surface area (Å²) in [5.74, 6) is 2.38. The molecule has 0 aliphatic heterocycles. The molecule has 3 heteroatoms. The van der Waals surface area contributed by atoms with Crippen LogP contribution in [0, 0.1) is 5.92 Å². The van der Waals surface area contributed by atoms with Crippen LogP contribution in [0.15, 0.2) is 0 Å². The van der Waals surface area contributed by atoms with Gasteiger partial charge in [-0.05, 0) is 32.7 Å². The van der Waals surface area contributed by atoms with Crippen molar-refractivity contribution < 1.29 is 4.21 Å². The first-order valence-electron chi connectivity index (χ1n) is 5.08. The highest BCUT2D eigenvalue weighted by atomic mass is 32.2. The number of hydrogen-bond donors (Lipinski definition) is 1. The second kappa shape index (κ2) is 7.51. The Balaban J connectivity index is 3.40. The maximum Gasteiger partial charge on any atom is 0.0249 e. The molecule has 0 aromatic carbocycles. The Morgan fingerprint density at radius 3 is 2.15 bits per heavy atom. The minimum absolute atomic E-state index is 0.489. The van der Waals surface area contributed by atoms with E-state index in [1.807, 2.05) is 7.05 Å². The lowest BCUT2D eigenvalue weighted by Crippen LogP contribution is -2.23. The zero-order valence-electron chi connectivity index (χ0n) is 9.30. The van der Waals surface area contributed by atoms with Crippen LogP contribution < -0.4 is 5.32 Å². The third kappa shape index (κ3) is 8.44. The quantitative estimate of drug-likeness (QED) is 0.686. The maximum absolute atomic E-state index is 11.5. The summed E-state index contributed by atoms with van der Waals surface area (Å²) >= 11 is 0. The van der Waals surface area contributed by atoms with Gasteiger partial charge in [0.25, 0.3) is 0 Å². The van der Waals surface area contributed by atoms with E-state index in [2.05, 4.69) is 26.1 Å². The van der Waals surface area contributed by atoms with Gasteiger partial charge < -0.3 is 5.32 Å². The molecule has 2 unspecified atom stereocenters. The van der Waals surface area contributed by atoms with Gasteiger partial charge in [0, 0.05) is 28.3 Å². The first kappa shape index (κ1) is 13.1. The van der Waals surface area contributed by atoms with E-state index in [9.17, 15) is 4.21 Å². The van der Waals surface area contributed by atoms with Crippen LogP contribution in [-0.4, -0.2) is 28.8 Å². The van der Waals surface area contributed by atoms with Crippen molar-refractivity contribution in [1.82, 2.24) is 5.32 Å². The van der Waals surface area contributed by atoms with Crippen LogP contribution in [0.1, 0.15) is 33.6 Å². The normalized spacial score (nSPS) is 16.1. The van der Waals surface area contributed by atoms with E-state index in [-0.39, 0.29) is 0 Å². The molecular weight excluding hydrogens is 182 g/mol. The van der Waals surface area contributed by atoms with Crippen LogP contribution in [0.3, 0.4) is 0 Å². The molecule has 0 aliphatic carbocycles. The Kier molecular flexibility index (Phi) is 7.57. The number of hydrogen-bond acceptors (Lipinski definition) is 2. The Morgan fingerprint density at radius 2 is 1.69 bits per heavy atom. The lowest BCUT2D eigenvalue weighted by atomic mass is 10.2. The van der Waals surface area contributed by atoms with Gasteiger partial charge in [0.2, 0.25) is 0 Å². The molecule has 13 heavy (non-hydrogen) atoms. The van der Waals surface area contributed by atoms with Gasteiger partial charge in [-0.25, -0.2) is 0 Å². The van der Waals surface area contributed by atoms with Crippen LogP contribution in [-0.2, 0) is 10.8 Å². The Morgan fingerprint density at radius 1 is 1.15 bits per heavy atom. The Hall–Kier alpha value is 0.110. The molecule has 0 saturated heterocycles. The lowest BCUT2D eigenvalue weighted by molar-refractivity contribution is 0.587. The number of rotatable bonds is 7. The third-order valence-electron chi connectivity index (χ3n) is 2.19. The van der Waals surface area contributed by atoms with Crippen LogP contribution in [0.25, 0.3) is 0 Å². The topological polar surface area (TPSA) is 29.1 Å². The fourth-order valence-electron chi connectivity index (χ4n) is 0.922. The molecule has 0 saturated carbocycles. The molecule has 0 aromatic heterocycles. The van der Waals surface area contributed by atoms with Crippen molar-refractivity contribution in [1.29, 1.82) is 0 Å². The van der Waals surface area contributed by atoms with E-state index < -0.39 is 10.8 Å². The molecule has 0 aromatic rings. The molecule has 2 atom stereocenters. The summed E-state index contributed by atoms with van der Waals surface area (Å²) < 4.78 is 11.5. The van der Waals surface area contributed by atoms with Gasteiger partial charge in [0.05, 0.1) is 0 Å². The summed E-state index contributed by atoms with van der Waals surface area (Å²) in [5, 5.41) is 3.15. The van der Waals surface area contributed by atoms with Gasteiger partial charge in [-0.3, -0.25) is 4.21 Å². The second-order valence-electron chi connectivity index (χ2n) is 4.01. The molecule has 0 aliphatic rings. The van der Waals surface area contributed by atoms with Crippen molar-refractivity contribution in [3.8, 4) is 0 Å². The van der Waals surface area contributed by atoms with E-state index in [4.69, 9.17) is 0 Å². The number of nitrogens with one attached hydrogen (secondary N) is 1. The van der Waals surface area contributed by atoms with Crippen LogP contribution >= 0.6 is 0 Å². The van der Waals surface area contributed by atoms with E-state index >= 15 is 0 Å². The highest BCUT2D eigenvalue weighted by molar-refractivity contribution is 7.84. The summed E-state index contributed by atoms with van der Waals surface area (Å²) in [6.45, 7) is 6.47. The molecule has 0 fully saturated rings. The molecule has 1 N–H and O–H groups in total. The van der Waals surface area contributed by atoms with Crippen molar-refractivity contribution in [3.63, 3.8) is 0 Å². The largest absolute Gasteiger partial charge is 0.317 e. The van der Waals surface area contributed by atoms with Gasteiger partial charge in [-0.15, -0.1) is 0 Å². The SMILES string of the molecule is CNC(C)CCS(=O)CCC(C)C. The van der Waals surface area contributed by atoms with Gasteiger partial charge in [0.15, 0.2) is 0 Å². The lowest BCUT2D eigenvalue weighted by Gasteiger charge is -2.09. The summed E-state index contributed by atoms with van der Waals surface area (Å²) in [7, 11) is 1.34. The Labute approximate surface area is 84.9 Å².